The Labute approximate surface area is 232 Å². The summed E-state index contributed by atoms with van der Waals surface area (Å²) in [5.41, 5.74) is 4.16. The highest BCUT2D eigenvalue weighted by Gasteiger charge is 2.24. The second kappa shape index (κ2) is 10.6. The number of fused-ring (bicyclic) bond motifs is 2. The lowest BCUT2D eigenvalue weighted by molar-refractivity contribution is -0.141. The quantitative estimate of drug-likeness (QED) is 0.219. The lowest BCUT2D eigenvalue weighted by Crippen LogP contribution is -2.43. The first-order valence-electron chi connectivity index (χ1n) is 12.1. The van der Waals surface area contributed by atoms with Crippen LogP contribution in [-0.4, -0.2) is 23.0 Å². The number of aryl methyl sites for hydroxylation is 2. The van der Waals surface area contributed by atoms with Crippen molar-refractivity contribution < 1.29 is 23.5 Å². The fraction of sp³-hybridized carbons (Fsp3) is 0.167. The number of rotatable bonds is 7. The van der Waals surface area contributed by atoms with Crippen molar-refractivity contribution in [2.24, 2.45) is 0 Å². The number of amides is 1. The summed E-state index contributed by atoms with van der Waals surface area (Å²) in [7, 11) is 0. The van der Waals surface area contributed by atoms with Crippen LogP contribution in [0, 0.1) is 13.8 Å². The average Bonchev–Trinajstić information content (AvgIpc) is 3.33. The van der Waals surface area contributed by atoms with E-state index in [-0.39, 0.29) is 18.4 Å². The van der Waals surface area contributed by atoms with Gasteiger partial charge in [-0.25, -0.2) is 9.59 Å². The number of benzene rings is 3. The van der Waals surface area contributed by atoms with E-state index in [0.717, 1.165) is 16.5 Å². The van der Waals surface area contributed by atoms with Crippen LogP contribution >= 0.6 is 23.2 Å². The van der Waals surface area contributed by atoms with E-state index in [2.05, 4.69) is 5.32 Å². The van der Waals surface area contributed by atoms with Gasteiger partial charge in [0.05, 0.1) is 18.2 Å². The second-order valence-electron chi connectivity index (χ2n) is 9.37. The Morgan fingerprint density at radius 1 is 0.923 bits per heavy atom. The van der Waals surface area contributed by atoms with Crippen molar-refractivity contribution in [2.45, 2.75) is 32.7 Å². The van der Waals surface area contributed by atoms with Crippen LogP contribution in [0.2, 0.25) is 10.0 Å². The lowest BCUT2D eigenvalue weighted by atomic mass is 9.97. The molecule has 0 aliphatic carbocycles. The molecule has 2 heterocycles. The minimum Gasteiger partial charge on any atom is -0.480 e. The maximum atomic E-state index is 13.0. The van der Waals surface area contributed by atoms with Crippen molar-refractivity contribution in [1.29, 1.82) is 0 Å². The molecule has 5 rings (SSSR count). The normalized spacial score (nSPS) is 12.1. The SMILES string of the molecule is Cc1c(CC(=O)NC(Cc2ccc(Cl)cc2)C(=O)O)c(=O)oc2c(C)c3occ(-c4ccc(Cl)cc4)c3cc12. The summed E-state index contributed by atoms with van der Waals surface area (Å²) in [6.07, 6.45) is 1.38. The number of hydrogen-bond donors (Lipinski definition) is 2. The van der Waals surface area contributed by atoms with Gasteiger partial charge in [0.15, 0.2) is 0 Å². The second-order valence-corrected chi connectivity index (χ2v) is 10.2. The van der Waals surface area contributed by atoms with Crippen molar-refractivity contribution in [2.75, 3.05) is 0 Å². The van der Waals surface area contributed by atoms with Crippen LogP contribution in [0.3, 0.4) is 0 Å². The van der Waals surface area contributed by atoms with E-state index in [1.54, 1.807) is 49.6 Å². The highest BCUT2D eigenvalue weighted by Crippen LogP contribution is 2.37. The van der Waals surface area contributed by atoms with Crippen molar-refractivity contribution in [3.63, 3.8) is 0 Å². The molecule has 7 nitrogen and oxygen atoms in total. The van der Waals surface area contributed by atoms with Crippen LogP contribution in [0.25, 0.3) is 33.1 Å². The fourth-order valence-corrected chi connectivity index (χ4v) is 4.97. The summed E-state index contributed by atoms with van der Waals surface area (Å²) < 4.78 is 11.5. The van der Waals surface area contributed by atoms with Crippen molar-refractivity contribution in [3.8, 4) is 11.1 Å². The molecule has 2 N–H and O–H groups in total. The van der Waals surface area contributed by atoms with Crippen molar-refractivity contribution in [1.82, 2.24) is 5.32 Å². The van der Waals surface area contributed by atoms with Crippen LogP contribution in [-0.2, 0) is 22.4 Å². The zero-order chi connectivity index (χ0) is 27.8. The Morgan fingerprint density at radius 2 is 1.56 bits per heavy atom. The van der Waals surface area contributed by atoms with Crippen LogP contribution in [0.1, 0.15) is 22.3 Å². The maximum Gasteiger partial charge on any atom is 0.340 e. The molecule has 0 spiro atoms. The van der Waals surface area contributed by atoms with E-state index in [0.29, 0.717) is 43.3 Å². The number of halogens is 2. The van der Waals surface area contributed by atoms with Crippen LogP contribution < -0.4 is 10.9 Å². The number of carbonyl (C=O) groups excluding carboxylic acids is 1. The number of carbonyl (C=O) groups is 2. The molecule has 39 heavy (non-hydrogen) atoms. The molecule has 198 valence electrons. The molecule has 0 saturated heterocycles. The van der Waals surface area contributed by atoms with Crippen LogP contribution in [0.5, 0.6) is 0 Å². The molecular weight excluding hydrogens is 541 g/mol. The third-order valence-electron chi connectivity index (χ3n) is 6.82. The highest BCUT2D eigenvalue weighted by atomic mass is 35.5. The van der Waals surface area contributed by atoms with Gasteiger partial charge in [-0.15, -0.1) is 0 Å². The summed E-state index contributed by atoms with van der Waals surface area (Å²) in [5, 5.41) is 14.8. The third-order valence-corrected chi connectivity index (χ3v) is 7.32. The average molecular weight is 564 g/mol. The first kappa shape index (κ1) is 26.5. The number of furan rings is 1. The molecule has 1 atom stereocenters. The van der Waals surface area contributed by atoms with Gasteiger partial charge in [-0.2, -0.15) is 0 Å². The number of nitrogens with one attached hydrogen (secondary N) is 1. The lowest BCUT2D eigenvalue weighted by Gasteiger charge is -2.15. The van der Waals surface area contributed by atoms with E-state index < -0.39 is 23.5 Å². The minimum atomic E-state index is -1.19. The Hall–Kier alpha value is -4.07. The molecule has 0 bridgehead atoms. The number of hydrogen-bond acceptors (Lipinski definition) is 5. The Bertz CT molecular complexity index is 1790. The van der Waals surface area contributed by atoms with Crippen molar-refractivity contribution >= 4 is 57.0 Å². The largest absolute Gasteiger partial charge is 0.480 e. The van der Waals surface area contributed by atoms with Gasteiger partial charge in [-0.3, -0.25) is 4.79 Å². The molecule has 2 aromatic heterocycles. The van der Waals surface area contributed by atoms with Crippen molar-refractivity contribution in [3.05, 3.63) is 104 Å². The molecule has 3 aromatic carbocycles. The summed E-state index contributed by atoms with van der Waals surface area (Å²) >= 11 is 12.0. The third kappa shape index (κ3) is 5.28. The van der Waals surface area contributed by atoms with E-state index in [1.807, 2.05) is 25.1 Å². The van der Waals surface area contributed by atoms with E-state index >= 15 is 0 Å². The molecule has 1 amide bonds. The standard InChI is InChI=1S/C30H23Cl2NO6/c1-15-21-12-23-24(18-5-9-20(32)10-6-18)14-38-27(23)16(2)28(21)39-30(37)22(15)13-26(34)33-25(29(35)36)11-17-3-7-19(31)8-4-17/h3-10,12,14,25H,11,13H2,1-2H3,(H,33,34)(H,35,36). The molecule has 0 saturated carbocycles. The van der Waals surface area contributed by atoms with Gasteiger partial charge in [0.2, 0.25) is 5.91 Å². The molecule has 9 heteroatoms. The van der Waals surface area contributed by atoms with Gasteiger partial charge >= 0.3 is 11.6 Å². The Morgan fingerprint density at radius 3 is 2.21 bits per heavy atom. The molecule has 0 aliphatic rings. The molecule has 0 radical (unpaired) electrons. The molecule has 0 fully saturated rings. The minimum absolute atomic E-state index is 0.0642. The predicted molar refractivity (Wildman–Crippen MR) is 151 cm³/mol. The van der Waals surface area contributed by atoms with E-state index in [4.69, 9.17) is 32.0 Å². The molecule has 0 aliphatic heterocycles. The van der Waals surface area contributed by atoms with Gasteiger partial charge in [-0.1, -0.05) is 47.5 Å². The summed E-state index contributed by atoms with van der Waals surface area (Å²) in [4.78, 5) is 37.7. The Balaban J connectivity index is 1.48. The number of carboxylic acids is 1. The number of aliphatic carboxylic acids is 1. The summed E-state index contributed by atoms with van der Waals surface area (Å²) in [5.74, 6) is -1.79. The predicted octanol–water partition coefficient (Wildman–Crippen LogP) is 6.48. The monoisotopic (exact) mass is 563 g/mol. The topological polar surface area (TPSA) is 110 Å². The first-order chi connectivity index (χ1) is 18.6. The Kier molecular flexibility index (Phi) is 7.21. The van der Waals surface area contributed by atoms with Crippen LogP contribution in [0.15, 0.2) is 74.5 Å². The molecule has 1 unspecified atom stereocenters. The zero-order valence-electron chi connectivity index (χ0n) is 21.0. The van der Waals surface area contributed by atoms with Gasteiger partial charge in [0, 0.05) is 38.4 Å². The van der Waals surface area contributed by atoms with Gasteiger partial charge < -0.3 is 19.3 Å². The van der Waals surface area contributed by atoms with E-state index in [1.165, 1.54) is 0 Å². The molecular formula is C30H23Cl2NO6. The highest BCUT2D eigenvalue weighted by molar-refractivity contribution is 6.30. The van der Waals surface area contributed by atoms with Gasteiger partial charge in [0.1, 0.15) is 17.2 Å². The smallest absolute Gasteiger partial charge is 0.340 e. The number of carboxylic acid groups (broad SMARTS) is 1. The maximum absolute atomic E-state index is 13.0. The zero-order valence-corrected chi connectivity index (χ0v) is 22.5. The van der Waals surface area contributed by atoms with E-state index in [9.17, 15) is 19.5 Å². The summed E-state index contributed by atoms with van der Waals surface area (Å²) in [6, 6.07) is 14.8. The fourth-order valence-electron chi connectivity index (χ4n) is 4.72. The van der Waals surface area contributed by atoms with Crippen LogP contribution in [0.4, 0.5) is 0 Å². The van der Waals surface area contributed by atoms with Gasteiger partial charge in [0.25, 0.3) is 0 Å². The molecule has 5 aromatic rings. The first-order valence-corrected chi connectivity index (χ1v) is 12.9. The van der Waals surface area contributed by atoms with Gasteiger partial charge in [-0.05, 0) is 60.9 Å². The summed E-state index contributed by atoms with van der Waals surface area (Å²) in [6.45, 7) is 3.56.